The van der Waals surface area contributed by atoms with Crippen LogP contribution in [0.2, 0.25) is 0 Å². The van der Waals surface area contributed by atoms with Crippen molar-refractivity contribution in [1.82, 2.24) is 9.97 Å². The summed E-state index contributed by atoms with van der Waals surface area (Å²) in [5.41, 5.74) is 2.41. The van der Waals surface area contributed by atoms with Gasteiger partial charge in [0.2, 0.25) is 0 Å². The van der Waals surface area contributed by atoms with E-state index < -0.39 is 9.84 Å². The summed E-state index contributed by atoms with van der Waals surface area (Å²) in [5, 5.41) is 0. The van der Waals surface area contributed by atoms with Crippen molar-refractivity contribution in [2.24, 2.45) is 5.84 Å². The first-order chi connectivity index (χ1) is 8.02. The molecule has 0 aliphatic carbocycles. The Morgan fingerprint density at radius 2 is 2.29 bits per heavy atom. The fraction of sp³-hybridized carbons (Fsp3) is 0.556. The molecular weight excluding hydrogens is 242 g/mol. The van der Waals surface area contributed by atoms with Crippen LogP contribution in [-0.4, -0.2) is 43.0 Å². The highest BCUT2D eigenvalue weighted by Crippen LogP contribution is 2.21. The number of sulfone groups is 1. The van der Waals surface area contributed by atoms with Crippen molar-refractivity contribution in [2.75, 3.05) is 28.9 Å². The van der Waals surface area contributed by atoms with E-state index in [0.717, 1.165) is 0 Å². The monoisotopic (exact) mass is 257 g/mol. The number of hydrazine groups is 1. The maximum atomic E-state index is 11.4. The Morgan fingerprint density at radius 3 is 2.88 bits per heavy atom. The van der Waals surface area contributed by atoms with Crippen molar-refractivity contribution in [3.63, 3.8) is 0 Å². The Balaban J connectivity index is 2.17. The highest BCUT2D eigenvalue weighted by Gasteiger charge is 2.31. The maximum Gasteiger partial charge on any atom is 0.160 e. The van der Waals surface area contributed by atoms with E-state index >= 15 is 0 Å². The molecule has 0 amide bonds. The molecule has 1 aromatic rings. The SMILES string of the molecule is CN(c1cncc(NN)n1)C1CCS(=O)(=O)C1. The molecule has 94 valence electrons. The van der Waals surface area contributed by atoms with Gasteiger partial charge in [-0.15, -0.1) is 0 Å². The molecule has 8 heteroatoms. The van der Waals surface area contributed by atoms with E-state index in [1.54, 1.807) is 6.20 Å². The Morgan fingerprint density at radius 1 is 1.53 bits per heavy atom. The predicted molar refractivity (Wildman–Crippen MR) is 65.3 cm³/mol. The van der Waals surface area contributed by atoms with Crippen molar-refractivity contribution in [3.8, 4) is 0 Å². The van der Waals surface area contributed by atoms with Gasteiger partial charge in [0.1, 0.15) is 5.82 Å². The number of anilines is 2. The summed E-state index contributed by atoms with van der Waals surface area (Å²) in [6, 6.07) is -0.0395. The number of nitrogens with zero attached hydrogens (tertiary/aromatic N) is 3. The zero-order valence-corrected chi connectivity index (χ0v) is 10.3. The molecule has 1 unspecified atom stereocenters. The molecular formula is C9H15N5O2S. The highest BCUT2D eigenvalue weighted by atomic mass is 32.2. The van der Waals surface area contributed by atoms with Crippen LogP contribution >= 0.6 is 0 Å². The molecule has 0 aromatic carbocycles. The Hall–Kier alpha value is -1.41. The van der Waals surface area contributed by atoms with Crippen LogP contribution in [-0.2, 0) is 9.84 Å². The van der Waals surface area contributed by atoms with Crippen molar-refractivity contribution in [2.45, 2.75) is 12.5 Å². The minimum Gasteiger partial charge on any atom is -0.354 e. The molecule has 1 atom stereocenters. The van der Waals surface area contributed by atoms with Gasteiger partial charge in [0.15, 0.2) is 15.7 Å². The van der Waals surface area contributed by atoms with E-state index in [0.29, 0.717) is 18.1 Å². The molecule has 1 fully saturated rings. The van der Waals surface area contributed by atoms with E-state index in [4.69, 9.17) is 5.84 Å². The average molecular weight is 257 g/mol. The minimum absolute atomic E-state index is 0.0395. The molecule has 1 aromatic heterocycles. The largest absolute Gasteiger partial charge is 0.354 e. The van der Waals surface area contributed by atoms with Gasteiger partial charge in [-0.1, -0.05) is 0 Å². The van der Waals surface area contributed by atoms with E-state index in [2.05, 4.69) is 15.4 Å². The normalized spacial score (nSPS) is 22.4. The first-order valence-corrected chi connectivity index (χ1v) is 7.06. The van der Waals surface area contributed by atoms with E-state index in [1.807, 2.05) is 11.9 Å². The van der Waals surface area contributed by atoms with E-state index in [9.17, 15) is 8.42 Å². The van der Waals surface area contributed by atoms with Crippen molar-refractivity contribution < 1.29 is 8.42 Å². The third-order valence-electron chi connectivity index (χ3n) is 2.89. The number of aromatic nitrogens is 2. The molecule has 1 aliphatic heterocycles. The average Bonchev–Trinajstić information content (AvgIpc) is 2.69. The van der Waals surface area contributed by atoms with Crippen LogP contribution in [0.1, 0.15) is 6.42 Å². The predicted octanol–water partition coefficient (Wildman–Crippen LogP) is -0.614. The van der Waals surface area contributed by atoms with Crippen LogP contribution in [0.3, 0.4) is 0 Å². The van der Waals surface area contributed by atoms with Gasteiger partial charge in [0.05, 0.1) is 23.9 Å². The van der Waals surface area contributed by atoms with Gasteiger partial charge >= 0.3 is 0 Å². The molecule has 2 rings (SSSR count). The molecule has 7 nitrogen and oxygen atoms in total. The zero-order valence-electron chi connectivity index (χ0n) is 9.50. The molecule has 1 saturated heterocycles. The second-order valence-corrected chi connectivity index (χ2v) is 6.30. The van der Waals surface area contributed by atoms with Gasteiger partial charge in [-0.3, -0.25) is 4.98 Å². The first-order valence-electron chi connectivity index (χ1n) is 5.24. The van der Waals surface area contributed by atoms with Crippen molar-refractivity contribution >= 4 is 21.5 Å². The first kappa shape index (κ1) is 12.1. The smallest absolute Gasteiger partial charge is 0.160 e. The fourth-order valence-corrected chi connectivity index (χ4v) is 3.64. The lowest BCUT2D eigenvalue weighted by molar-refractivity contribution is 0.600. The summed E-state index contributed by atoms with van der Waals surface area (Å²) < 4.78 is 22.8. The lowest BCUT2D eigenvalue weighted by Gasteiger charge is -2.24. The molecule has 0 saturated carbocycles. The van der Waals surface area contributed by atoms with Crippen LogP contribution in [0.5, 0.6) is 0 Å². The van der Waals surface area contributed by atoms with Gasteiger partial charge in [-0.2, -0.15) is 0 Å². The van der Waals surface area contributed by atoms with E-state index in [-0.39, 0.29) is 17.5 Å². The third kappa shape index (κ3) is 2.64. The summed E-state index contributed by atoms with van der Waals surface area (Å²) >= 11 is 0. The number of rotatable bonds is 3. The summed E-state index contributed by atoms with van der Waals surface area (Å²) in [7, 11) is -1.08. The summed E-state index contributed by atoms with van der Waals surface area (Å²) in [4.78, 5) is 10.0. The zero-order chi connectivity index (χ0) is 12.5. The van der Waals surface area contributed by atoms with Crippen LogP contribution in [0.4, 0.5) is 11.6 Å². The molecule has 17 heavy (non-hydrogen) atoms. The Labute approximate surface area is 99.9 Å². The fourth-order valence-electron chi connectivity index (χ4n) is 1.86. The third-order valence-corrected chi connectivity index (χ3v) is 4.64. The van der Waals surface area contributed by atoms with E-state index in [1.165, 1.54) is 6.20 Å². The van der Waals surface area contributed by atoms with Crippen molar-refractivity contribution in [3.05, 3.63) is 12.4 Å². The van der Waals surface area contributed by atoms with Gasteiger partial charge < -0.3 is 10.3 Å². The lowest BCUT2D eigenvalue weighted by atomic mass is 10.2. The molecule has 0 spiro atoms. The van der Waals surface area contributed by atoms with Crippen LogP contribution in [0, 0.1) is 0 Å². The van der Waals surface area contributed by atoms with Crippen LogP contribution in [0.25, 0.3) is 0 Å². The number of hydrogen-bond acceptors (Lipinski definition) is 7. The number of nitrogen functional groups attached to an aromatic ring is 1. The molecule has 2 heterocycles. The molecule has 0 bridgehead atoms. The van der Waals surface area contributed by atoms with Crippen LogP contribution in [0.15, 0.2) is 12.4 Å². The minimum atomic E-state index is -2.89. The maximum absolute atomic E-state index is 11.4. The second-order valence-electron chi connectivity index (χ2n) is 4.07. The second kappa shape index (κ2) is 4.46. The number of nitrogens with one attached hydrogen (secondary N) is 1. The van der Waals surface area contributed by atoms with Gasteiger partial charge in [-0.25, -0.2) is 19.2 Å². The number of nitrogens with two attached hydrogens (primary N) is 1. The number of hydrogen-bond donors (Lipinski definition) is 2. The summed E-state index contributed by atoms with van der Waals surface area (Å²) in [5.74, 6) is 6.73. The van der Waals surface area contributed by atoms with Gasteiger partial charge in [0.25, 0.3) is 0 Å². The Bertz CT molecular complexity index is 504. The van der Waals surface area contributed by atoms with Crippen LogP contribution < -0.4 is 16.2 Å². The summed E-state index contributed by atoms with van der Waals surface area (Å²) in [6.07, 6.45) is 3.72. The standard InChI is InChI=1S/C9H15N5O2S/c1-14(7-2-3-17(15,16)6-7)9-5-11-4-8(12-9)13-10/h4-5,7H,2-3,6,10H2,1H3,(H,12,13). The lowest BCUT2D eigenvalue weighted by Crippen LogP contribution is -2.33. The van der Waals surface area contributed by atoms with Gasteiger partial charge in [-0.05, 0) is 6.42 Å². The topological polar surface area (TPSA) is 101 Å². The molecule has 1 aliphatic rings. The Kier molecular flexibility index (Phi) is 3.16. The molecule has 0 radical (unpaired) electrons. The quantitative estimate of drug-likeness (QED) is 0.550. The summed E-state index contributed by atoms with van der Waals surface area (Å²) in [6.45, 7) is 0. The highest BCUT2D eigenvalue weighted by molar-refractivity contribution is 7.91. The van der Waals surface area contributed by atoms with Gasteiger partial charge in [0, 0.05) is 13.1 Å². The molecule has 3 N–H and O–H groups in total. The van der Waals surface area contributed by atoms with Crippen molar-refractivity contribution in [1.29, 1.82) is 0 Å².